The molecule has 1 aromatic rings. The number of aldehydes is 1. The quantitative estimate of drug-likeness (QED) is 0.709. The van der Waals surface area contributed by atoms with Crippen molar-refractivity contribution in [2.45, 2.75) is 38.7 Å². The van der Waals surface area contributed by atoms with Gasteiger partial charge in [0.15, 0.2) is 0 Å². The predicted molar refractivity (Wildman–Crippen MR) is 70.6 cm³/mol. The maximum absolute atomic E-state index is 11.2. The molecule has 0 bridgehead atoms. The summed E-state index contributed by atoms with van der Waals surface area (Å²) >= 11 is 0. The van der Waals surface area contributed by atoms with Crippen LogP contribution in [0.4, 0.5) is 0 Å². The first-order valence-corrected chi connectivity index (χ1v) is 6.86. The molecule has 0 spiro atoms. The molecule has 4 atom stereocenters. The van der Waals surface area contributed by atoms with Gasteiger partial charge in [-0.05, 0) is 43.7 Å². The zero-order chi connectivity index (χ0) is 12.8. The molecule has 1 aliphatic heterocycles. The van der Waals surface area contributed by atoms with Gasteiger partial charge in [-0.15, -0.1) is 0 Å². The van der Waals surface area contributed by atoms with E-state index in [0.717, 1.165) is 31.3 Å². The van der Waals surface area contributed by atoms with Crippen LogP contribution in [0.5, 0.6) is 5.75 Å². The van der Waals surface area contributed by atoms with Gasteiger partial charge in [-0.25, -0.2) is 0 Å². The molecule has 2 nitrogen and oxygen atoms in total. The second kappa shape index (κ2) is 4.11. The van der Waals surface area contributed by atoms with Gasteiger partial charge >= 0.3 is 0 Å². The van der Waals surface area contributed by atoms with Crippen LogP contribution in [0.3, 0.4) is 0 Å². The summed E-state index contributed by atoms with van der Waals surface area (Å²) in [7, 11) is 0. The zero-order valence-electron chi connectivity index (χ0n) is 11.1. The van der Waals surface area contributed by atoms with Crippen molar-refractivity contribution in [3.63, 3.8) is 0 Å². The van der Waals surface area contributed by atoms with E-state index in [0.29, 0.717) is 11.8 Å². The van der Waals surface area contributed by atoms with Crippen LogP contribution in [0.2, 0.25) is 0 Å². The predicted octanol–water partition coefficient (Wildman–Crippen LogP) is 3.24. The molecule has 1 aromatic carbocycles. The topological polar surface area (TPSA) is 26.3 Å². The Bertz CT molecular complexity index is 468. The van der Waals surface area contributed by atoms with E-state index < -0.39 is 0 Å². The van der Waals surface area contributed by atoms with E-state index >= 15 is 0 Å². The molecular formula is C16H20O2. The first-order chi connectivity index (χ1) is 8.64. The van der Waals surface area contributed by atoms with E-state index in [9.17, 15) is 4.79 Å². The van der Waals surface area contributed by atoms with Gasteiger partial charge in [0, 0.05) is 11.8 Å². The van der Waals surface area contributed by atoms with E-state index in [1.54, 1.807) is 0 Å². The second-order valence-corrected chi connectivity index (χ2v) is 6.03. The monoisotopic (exact) mass is 244 g/mol. The van der Waals surface area contributed by atoms with E-state index in [1.165, 1.54) is 5.56 Å². The summed E-state index contributed by atoms with van der Waals surface area (Å²) in [5.74, 6) is 2.11. The van der Waals surface area contributed by atoms with E-state index in [1.807, 2.05) is 6.07 Å². The summed E-state index contributed by atoms with van der Waals surface area (Å²) in [6, 6.07) is 8.30. The fourth-order valence-electron chi connectivity index (χ4n) is 3.74. The van der Waals surface area contributed by atoms with Gasteiger partial charge in [0.05, 0.1) is 0 Å². The molecule has 1 heterocycles. The third-order valence-electron chi connectivity index (χ3n) is 5.00. The molecule has 2 aliphatic rings. The number of hydrogen-bond acceptors (Lipinski definition) is 2. The Hall–Kier alpha value is -1.31. The van der Waals surface area contributed by atoms with E-state index in [-0.39, 0.29) is 11.5 Å². The summed E-state index contributed by atoms with van der Waals surface area (Å²) in [5, 5.41) is 0. The third-order valence-corrected chi connectivity index (χ3v) is 5.00. The van der Waals surface area contributed by atoms with Crippen molar-refractivity contribution in [3.8, 4) is 5.75 Å². The van der Waals surface area contributed by atoms with Crippen molar-refractivity contribution in [2.75, 3.05) is 0 Å². The summed E-state index contributed by atoms with van der Waals surface area (Å²) in [4.78, 5) is 11.2. The lowest BCUT2D eigenvalue weighted by Crippen LogP contribution is -2.52. The van der Waals surface area contributed by atoms with Crippen molar-refractivity contribution in [1.29, 1.82) is 0 Å². The van der Waals surface area contributed by atoms with Crippen LogP contribution in [0.1, 0.15) is 32.3 Å². The fourth-order valence-corrected chi connectivity index (χ4v) is 3.74. The molecule has 0 radical (unpaired) electrons. The highest BCUT2D eigenvalue weighted by atomic mass is 16.5. The number of rotatable bonds is 1. The summed E-state index contributed by atoms with van der Waals surface area (Å²) in [5.41, 5.74) is 1.20. The molecule has 1 fully saturated rings. The molecule has 0 N–H and O–H groups in total. The Morgan fingerprint density at radius 3 is 2.94 bits per heavy atom. The highest BCUT2D eigenvalue weighted by Gasteiger charge is 2.48. The molecule has 2 heteroatoms. The normalized spacial score (nSPS) is 38.2. The van der Waals surface area contributed by atoms with Crippen LogP contribution in [-0.4, -0.2) is 11.9 Å². The van der Waals surface area contributed by atoms with Gasteiger partial charge in [0.1, 0.15) is 17.6 Å². The van der Waals surface area contributed by atoms with Crippen LogP contribution in [0, 0.1) is 17.8 Å². The van der Waals surface area contributed by atoms with Gasteiger partial charge < -0.3 is 9.53 Å². The maximum Gasteiger partial charge on any atom is 0.123 e. The summed E-state index contributed by atoms with van der Waals surface area (Å²) in [6.45, 7) is 4.42. The SMILES string of the molecule is C[C@@H]1[C@@H](C=O)CC[C@@]2(C)Oc3ccccc3C[C@@H]12. The van der Waals surface area contributed by atoms with Crippen LogP contribution >= 0.6 is 0 Å². The molecule has 0 saturated heterocycles. The van der Waals surface area contributed by atoms with Gasteiger partial charge in [-0.1, -0.05) is 25.1 Å². The van der Waals surface area contributed by atoms with Crippen molar-refractivity contribution < 1.29 is 9.53 Å². The van der Waals surface area contributed by atoms with Gasteiger partial charge in [0.2, 0.25) is 0 Å². The Kier molecular flexibility index (Phi) is 2.69. The third kappa shape index (κ3) is 1.66. The van der Waals surface area contributed by atoms with Crippen LogP contribution in [0.15, 0.2) is 24.3 Å². The van der Waals surface area contributed by atoms with Crippen molar-refractivity contribution in [3.05, 3.63) is 29.8 Å². The molecule has 0 aromatic heterocycles. The lowest BCUT2D eigenvalue weighted by Gasteiger charge is -2.50. The summed E-state index contributed by atoms with van der Waals surface area (Å²) in [6.07, 6.45) is 4.13. The largest absolute Gasteiger partial charge is 0.487 e. The van der Waals surface area contributed by atoms with Crippen molar-refractivity contribution >= 4 is 6.29 Å². The maximum atomic E-state index is 11.2. The Labute approximate surface area is 108 Å². The standard InChI is InChI=1S/C16H20O2/c1-11-13(10-17)7-8-16(2)14(11)9-12-5-3-4-6-15(12)18-16/h3-6,10-11,13-14H,7-9H2,1-2H3/t11-,13-,14+,16-/m1/s1. The van der Waals surface area contributed by atoms with Crippen LogP contribution in [0.25, 0.3) is 0 Å². The van der Waals surface area contributed by atoms with E-state index in [2.05, 4.69) is 32.0 Å². The minimum Gasteiger partial charge on any atom is -0.487 e. The first kappa shape index (κ1) is 11.8. The first-order valence-electron chi connectivity index (χ1n) is 6.86. The number of carbonyl (C=O) groups is 1. The number of benzene rings is 1. The van der Waals surface area contributed by atoms with Crippen LogP contribution < -0.4 is 4.74 Å². The Balaban J connectivity index is 1.96. The average Bonchev–Trinajstić information content (AvgIpc) is 2.37. The molecule has 1 aliphatic carbocycles. The smallest absolute Gasteiger partial charge is 0.123 e. The molecule has 18 heavy (non-hydrogen) atoms. The number of ether oxygens (including phenoxy) is 1. The molecule has 1 saturated carbocycles. The molecule has 0 unspecified atom stereocenters. The van der Waals surface area contributed by atoms with Crippen LogP contribution in [-0.2, 0) is 11.2 Å². The lowest BCUT2D eigenvalue weighted by molar-refractivity contribution is -0.120. The highest BCUT2D eigenvalue weighted by molar-refractivity contribution is 5.54. The molecular weight excluding hydrogens is 224 g/mol. The van der Waals surface area contributed by atoms with Crippen molar-refractivity contribution in [1.82, 2.24) is 0 Å². The number of hydrogen-bond donors (Lipinski definition) is 0. The summed E-state index contributed by atoms with van der Waals surface area (Å²) < 4.78 is 6.27. The molecule has 0 amide bonds. The Morgan fingerprint density at radius 1 is 1.39 bits per heavy atom. The van der Waals surface area contributed by atoms with E-state index in [4.69, 9.17) is 4.74 Å². The molecule has 96 valence electrons. The fraction of sp³-hybridized carbons (Fsp3) is 0.562. The minimum atomic E-state index is -0.0900. The number of carbonyl (C=O) groups excluding carboxylic acids is 1. The number of fused-ring (bicyclic) bond motifs is 2. The lowest BCUT2D eigenvalue weighted by atomic mass is 9.63. The van der Waals surface area contributed by atoms with Gasteiger partial charge in [-0.3, -0.25) is 0 Å². The number of para-hydroxylation sites is 1. The zero-order valence-corrected chi connectivity index (χ0v) is 11.1. The van der Waals surface area contributed by atoms with Crippen molar-refractivity contribution in [2.24, 2.45) is 17.8 Å². The Morgan fingerprint density at radius 2 is 2.17 bits per heavy atom. The molecule has 3 rings (SSSR count). The average molecular weight is 244 g/mol. The second-order valence-electron chi connectivity index (χ2n) is 6.03. The minimum absolute atomic E-state index is 0.0900. The highest BCUT2D eigenvalue weighted by Crippen LogP contribution is 2.48. The van der Waals surface area contributed by atoms with Gasteiger partial charge in [0.25, 0.3) is 0 Å². The van der Waals surface area contributed by atoms with Gasteiger partial charge in [-0.2, -0.15) is 0 Å².